The molecule has 2 N–H and O–H groups in total. The zero-order valence-electron chi connectivity index (χ0n) is 10.6. The van der Waals surface area contributed by atoms with Crippen molar-refractivity contribution in [3.8, 4) is 0 Å². The van der Waals surface area contributed by atoms with Gasteiger partial charge in [0.25, 0.3) is 5.91 Å². The summed E-state index contributed by atoms with van der Waals surface area (Å²) >= 11 is 0. The zero-order valence-corrected chi connectivity index (χ0v) is 10.6. The molecule has 0 saturated carbocycles. The second-order valence-electron chi connectivity index (χ2n) is 4.96. The number of likely N-dealkylation sites (tertiary alicyclic amines) is 1. The Morgan fingerprint density at radius 2 is 2.17 bits per heavy atom. The third-order valence-corrected chi connectivity index (χ3v) is 3.54. The predicted molar refractivity (Wildman–Crippen MR) is 68.7 cm³/mol. The normalized spacial score (nSPS) is 24.1. The molecule has 2 unspecified atom stereocenters. The van der Waals surface area contributed by atoms with Crippen LogP contribution in [0.5, 0.6) is 0 Å². The van der Waals surface area contributed by atoms with Gasteiger partial charge in [-0.25, -0.2) is 4.39 Å². The molecule has 18 heavy (non-hydrogen) atoms. The molecule has 4 heteroatoms. The van der Waals surface area contributed by atoms with Crippen LogP contribution in [0.4, 0.5) is 4.39 Å². The minimum Gasteiger partial charge on any atom is -0.337 e. The molecule has 1 aliphatic heterocycles. The van der Waals surface area contributed by atoms with E-state index in [1.165, 1.54) is 12.1 Å². The Balaban J connectivity index is 2.16. The van der Waals surface area contributed by atoms with Gasteiger partial charge in [-0.15, -0.1) is 0 Å². The van der Waals surface area contributed by atoms with Gasteiger partial charge in [-0.1, -0.05) is 25.5 Å². The van der Waals surface area contributed by atoms with Crippen molar-refractivity contribution >= 4 is 5.91 Å². The van der Waals surface area contributed by atoms with Gasteiger partial charge in [0.05, 0.1) is 5.56 Å². The van der Waals surface area contributed by atoms with Crippen molar-refractivity contribution in [1.29, 1.82) is 0 Å². The molecule has 0 radical (unpaired) electrons. The number of rotatable bonds is 2. The Labute approximate surface area is 107 Å². The Morgan fingerprint density at radius 3 is 2.83 bits per heavy atom. The summed E-state index contributed by atoms with van der Waals surface area (Å²) in [6.07, 6.45) is 1.94. The van der Waals surface area contributed by atoms with Crippen LogP contribution in [-0.2, 0) is 0 Å². The number of nitrogens with zero attached hydrogens (tertiary/aromatic N) is 1. The largest absolute Gasteiger partial charge is 0.337 e. The molecule has 0 aromatic heterocycles. The summed E-state index contributed by atoms with van der Waals surface area (Å²) in [4.78, 5) is 13.9. The van der Waals surface area contributed by atoms with Gasteiger partial charge in [-0.3, -0.25) is 4.79 Å². The minimum absolute atomic E-state index is 0.000534. The van der Waals surface area contributed by atoms with Gasteiger partial charge in [0.15, 0.2) is 0 Å². The molecule has 1 heterocycles. The number of hydrogen-bond donors (Lipinski definition) is 1. The van der Waals surface area contributed by atoms with Crippen molar-refractivity contribution in [3.63, 3.8) is 0 Å². The smallest absolute Gasteiger partial charge is 0.256 e. The minimum atomic E-state index is -0.463. The lowest BCUT2D eigenvalue weighted by Gasteiger charge is -2.36. The van der Waals surface area contributed by atoms with Gasteiger partial charge >= 0.3 is 0 Å². The molecule has 1 aromatic rings. The van der Waals surface area contributed by atoms with Crippen LogP contribution in [0.2, 0.25) is 0 Å². The molecule has 3 nitrogen and oxygen atoms in total. The Kier molecular flexibility index (Phi) is 3.97. The molecule has 2 atom stereocenters. The van der Waals surface area contributed by atoms with E-state index in [2.05, 4.69) is 6.92 Å². The summed E-state index contributed by atoms with van der Waals surface area (Å²) in [5, 5.41) is 0. The highest BCUT2D eigenvalue weighted by molar-refractivity contribution is 5.94. The number of halogens is 1. The molecular formula is C14H19FN2O. The first kappa shape index (κ1) is 13.0. The predicted octanol–water partition coefficient (Wildman–Crippen LogP) is 2.03. The van der Waals surface area contributed by atoms with Crippen LogP contribution in [-0.4, -0.2) is 29.9 Å². The quantitative estimate of drug-likeness (QED) is 0.873. The highest BCUT2D eigenvalue weighted by atomic mass is 19.1. The van der Waals surface area contributed by atoms with Crippen LogP contribution in [0, 0.1) is 11.7 Å². The molecule has 1 aromatic carbocycles. The van der Waals surface area contributed by atoms with Crippen molar-refractivity contribution in [1.82, 2.24) is 4.90 Å². The summed E-state index contributed by atoms with van der Waals surface area (Å²) in [6, 6.07) is 6.10. The fourth-order valence-corrected chi connectivity index (χ4v) is 2.51. The van der Waals surface area contributed by atoms with E-state index in [1.807, 2.05) is 0 Å². The first-order valence-electron chi connectivity index (χ1n) is 6.41. The highest BCUT2D eigenvalue weighted by Gasteiger charge is 2.28. The highest BCUT2D eigenvalue weighted by Crippen LogP contribution is 2.21. The van der Waals surface area contributed by atoms with Crippen LogP contribution >= 0.6 is 0 Å². The third-order valence-electron chi connectivity index (χ3n) is 3.54. The van der Waals surface area contributed by atoms with E-state index in [9.17, 15) is 9.18 Å². The van der Waals surface area contributed by atoms with E-state index >= 15 is 0 Å². The Hall–Kier alpha value is -1.42. The van der Waals surface area contributed by atoms with Crippen LogP contribution in [0.25, 0.3) is 0 Å². The second kappa shape index (κ2) is 5.48. The topological polar surface area (TPSA) is 46.3 Å². The van der Waals surface area contributed by atoms with Gasteiger partial charge in [0.2, 0.25) is 0 Å². The molecular weight excluding hydrogens is 231 g/mol. The van der Waals surface area contributed by atoms with Crippen molar-refractivity contribution in [2.75, 3.05) is 13.1 Å². The fraction of sp³-hybridized carbons (Fsp3) is 0.500. The molecule has 2 rings (SSSR count). The lowest BCUT2D eigenvalue weighted by Crippen LogP contribution is -2.49. The van der Waals surface area contributed by atoms with E-state index in [0.717, 1.165) is 12.8 Å². The van der Waals surface area contributed by atoms with E-state index in [1.54, 1.807) is 17.0 Å². The third kappa shape index (κ3) is 2.70. The van der Waals surface area contributed by atoms with Gasteiger partial charge in [0, 0.05) is 19.1 Å². The first-order chi connectivity index (χ1) is 8.61. The Bertz CT molecular complexity index is 436. The van der Waals surface area contributed by atoms with Crippen LogP contribution < -0.4 is 5.73 Å². The summed E-state index contributed by atoms with van der Waals surface area (Å²) in [5.74, 6) is -0.291. The van der Waals surface area contributed by atoms with Gasteiger partial charge in [0.1, 0.15) is 5.82 Å². The number of amides is 1. The molecule has 0 aliphatic carbocycles. The van der Waals surface area contributed by atoms with Crippen LogP contribution in [0.1, 0.15) is 30.1 Å². The average Bonchev–Trinajstić information content (AvgIpc) is 2.37. The summed E-state index contributed by atoms with van der Waals surface area (Å²) in [5.41, 5.74) is 6.10. The van der Waals surface area contributed by atoms with Crippen molar-refractivity contribution < 1.29 is 9.18 Å². The molecule has 0 bridgehead atoms. The molecule has 1 saturated heterocycles. The molecule has 1 fully saturated rings. The lowest BCUT2D eigenvalue weighted by molar-refractivity contribution is 0.0642. The van der Waals surface area contributed by atoms with Crippen molar-refractivity contribution in [3.05, 3.63) is 35.6 Å². The summed E-state index contributed by atoms with van der Waals surface area (Å²) in [6.45, 7) is 3.29. The number of carbonyl (C=O) groups is 1. The molecule has 98 valence electrons. The molecule has 1 aliphatic rings. The summed E-state index contributed by atoms with van der Waals surface area (Å²) in [7, 11) is 0. The second-order valence-corrected chi connectivity index (χ2v) is 4.96. The average molecular weight is 250 g/mol. The maximum absolute atomic E-state index is 13.6. The van der Waals surface area contributed by atoms with E-state index < -0.39 is 5.82 Å². The number of piperidine rings is 1. The Morgan fingerprint density at radius 1 is 1.44 bits per heavy atom. The van der Waals surface area contributed by atoms with Crippen LogP contribution in [0.3, 0.4) is 0 Å². The number of carbonyl (C=O) groups excluding carboxylic acids is 1. The molecule has 1 amide bonds. The number of hydrogen-bond acceptors (Lipinski definition) is 2. The van der Waals surface area contributed by atoms with Gasteiger partial charge < -0.3 is 10.6 Å². The number of nitrogens with two attached hydrogens (primary N) is 1. The lowest BCUT2D eigenvalue weighted by atomic mass is 9.92. The van der Waals surface area contributed by atoms with Crippen LogP contribution in [0.15, 0.2) is 24.3 Å². The summed E-state index contributed by atoms with van der Waals surface area (Å²) < 4.78 is 13.6. The van der Waals surface area contributed by atoms with Gasteiger partial charge in [-0.2, -0.15) is 0 Å². The SMILES string of the molecule is CCC1CC(N)CN(C(=O)c2ccccc2F)C1. The van der Waals surface area contributed by atoms with E-state index in [-0.39, 0.29) is 17.5 Å². The maximum atomic E-state index is 13.6. The van der Waals surface area contributed by atoms with E-state index in [0.29, 0.717) is 19.0 Å². The molecule has 0 spiro atoms. The first-order valence-corrected chi connectivity index (χ1v) is 6.41. The zero-order chi connectivity index (χ0) is 13.1. The monoisotopic (exact) mass is 250 g/mol. The van der Waals surface area contributed by atoms with Crippen molar-refractivity contribution in [2.24, 2.45) is 11.7 Å². The standard InChI is InChI=1S/C14H19FN2O/c1-2-10-7-11(16)9-17(8-10)14(18)12-5-3-4-6-13(12)15/h3-6,10-11H,2,7-9,16H2,1H3. The van der Waals surface area contributed by atoms with E-state index in [4.69, 9.17) is 5.73 Å². The fourth-order valence-electron chi connectivity index (χ4n) is 2.51. The van der Waals surface area contributed by atoms with Crippen molar-refractivity contribution in [2.45, 2.75) is 25.8 Å². The number of benzene rings is 1. The van der Waals surface area contributed by atoms with Gasteiger partial charge in [-0.05, 0) is 24.5 Å². The maximum Gasteiger partial charge on any atom is 0.256 e.